The number of aryl methyl sites for hydroxylation is 1. The normalized spacial score (nSPS) is 10.3. The maximum Gasteiger partial charge on any atom is 0.322 e. The summed E-state index contributed by atoms with van der Waals surface area (Å²) < 4.78 is 5.31. The van der Waals surface area contributed by atoms with Crippen LogP contribution in [0.4, 0.5) is 10.5 Å². The fourth-order valence-electron chi connectivity index (χ4n) is 2.40. The van der Waals surface area contributed by atoms with Crippen molar-refractivity contribution in [2.75, 3.05) is 11.9 Å². The van der Waals surface area contributed by atoms with Crippen molar-refractivity contribution >= 4 is 11.7 Å². The monoisotopic (exact) mass is 348 g/mol. The van der Waals surface area contributed by atoms with Gasteiger partial charge in [0, 0.05) is 17.8 Å². The van der Waals surface area contributed by atoms with Gasteiger partial charge in [0.15, 0.2) is 0 Å². The van der Waals surface area contributed by atoms with E-state index in [4.69, 9.17) is 4.52 Å². The van der Waals surface area contributed by atoms with E-state index in [9.17, 15) is 4.79 Å². The highest BCUT2D eigenvalue weighted by Crippen LogP contribution is 2.17. The van der Waals surface area contributed by atoms with Crippen molar-refractivity contribution in [2.24, 2.45) is 0 Å². The van der Waals surface area contributed by atoms with Crippen LogP contribution in [0.25, 0.3) is 11.4 Å². The molecule has 2 amide bonds. The minimum Gasteiger partial charge on any atom is -0.337 e. The Balaban J connectivity index is 1.71. The predicted octanol–water partition coefficient (Wildman–Crippen LogP) is 4.27. The van der Waals surface area contributed by atoms with Gasteiger partial charge in [0.1, 0.15) is 6.54 Å². The van der Waals surface area contributed by atoms with E-state index in [1.165, 1.54) is 0 Å². The number of carbonyl (C=O) groups excluding carboxylic acids is 1. The lowest BCUT2D eigenvalue weighted by Gasteiger charge is -2.19. The predicted molar refractivity (Wildman–Crippen MR) is 101 cm³/mol. The van der Waals surface area contributed by atoms with Crippen LogP contribution in [0.5, 0.6) is 0 Å². The van der Waals surface area contributed by atoms with Crippen molar-refractivity contribution in [3.8, 4) is 11.4 Å². The van der Waals surface area contributed by atoms with Crippen molar-refractivity contribution < 1.29 is 9.32 Å². The number of amides is 2. The molecular weight excluding hydrogens is 328 g/mol. The topological polar surface area (TPSA) is 71.3 Å². The zero-order valence-electron chi connectivity index (χ0n) is 14.6. The van der Waals surface area contributed by atoms with Crippen LogP contribution in [0.3, 0.4) is 0 Å². The highest BCUT2D eigenvalue weighted by Gasteiger charge is 2.17. The fraction of sp³-hybridized carbons (Fsp3) is 0.150. The highest BCUT2D eigenvalue weighted by molar-refractivity contribution is 5.89. The van der Waals surface area contributed by atoms with Crippen LogP contribution in [0.15, 0.2) is 71.8 Å². The first-order valence-corrected chi connectivity index (χ1v) is 8.27. The number of nitrogens with zero attached hydrogens (tertiary/aromatic N) is 3. The minimum atomic E-state index is -0.258. The van der Waals surface area contributed by atoms with E-state index in [0.29, 0.717) is 18.3 Å². The molecule has 1 aromatic heterocycles. The molecule has 0 aliphatic heterocycles. The first kappa shape index (κ1) is 17.4. The molecule has 3 rings (SSSR count). The van der Waals surface area contributed by atoms with Gasteiger partial charge in [0.25, 0.3) is 0 Å². The van der Waals surface area contributed by atoms with Gasteiger partial charge in [0.2, 0.25) is 11.7 Å². The van der Waals surface area contributed by atoms with Crippen molar-refractivity contribution in [3.63, 3.8) is 0 Å². The number of benzene rings is 2. The van der Waals surface area contributed by atoms with Crippen LogP contribution in [0, 0.1) is 6.92 Å². The molecule has 1 heterocycles. The average Bonchev–Trinajstić information content (AvgIpc) is 3.11. The zero-order chi connectivity index (χ0) is 18.4. The maximum atomic E-state index is 12.5. The van der Waals surface area contributed by atoms with Gasteiger partial charge >= 0.3 is 6.03 Å². The Labute approximate surface area is 152 Å². The smallest absolute Gasteiger partial charge is 0.322 e. The number of nitrogens with one attached hydrogen (secondary N) is 1. The molecule has 0 atom stereocenters. The van der Waals surface area contributed by atoms with Gasteiger partial charge in [0.05, 0.1) is 0 Å². The van der Waals surface area contributed by atoms with Crippen LogP contribution in [-0.2, 0) is 6.54 Å². The van der Waals surface area contributed by atoms with Crippen molar-refractivity contribution in [3.05, 3.63) is 78.7 Å². The average molecular weight is 348 g/mol. The van der Waals surface area contributed by atoms with Gasteiger partial charge < -0.3 is 14.7 Å². The lowest BCUT2D eigenvalue weighted by atomic mass is 10.1. The van der Waals surface area contributed by atoms with E-state index in [1.807, 2.05) is 61.5 Å². The summed E-state index contributed by atoms with van der Waals surface area (Å²) in [6.45, 7) is 6.28. The summed E-state index contributed by atoms with van der Waals surface area (Å²) in [6.07, 6.45) is 1.65. The van der Waals surface area contributed by atoms with E-state index in [-0.39, 0.29) is 12.6 Å². The second-order valence-corrected chi connectivity index (χ2v) is 5.84. The molecular formula is C20H20N4O2. The first-order valence-electron chi connectivity index (χ1n) is 8.27. The molecule has 6 nitrogen and oxygen atoms in total. The molecule has 0 bridgehead atoms. The van der Waals surface area contributed by atoms with E-state index in [1.54, 1.807) is 11.0 Å². The van der Waals surface area contributed by atoms with Crippen molar-refractivity contribution in [1.29, 1.82) is 0 Å². The van der Waals surface area contributed by atoms with Gasteiger partial charge in [-0.25, -0.2) is 4.79 Å². The molecule has 3 aromatic rings. The number of carbonyl (C=O) groups is 1. The fourth-order valence-corrected chi connectivity index (χ4v) is 2.40. The highest BCUT2D eigenvalue weighted by atomic mass is 16.5. The lowest BCUT2D eigenvalue weighted by Crippen LogP contribution is -2.34. The summed E-state index contributed by atoms with van der Waals surface area (Å²) >= 11 is 0. The molecule has 0 radical (unpaired) electrons. The van der Waals surface area contributed by atoms with Crippen LogP contribution in [-0.4, -0.2) is 27.6 Å². The zero-order valence-corrected chi connectivity index (χ0v) is 14.6. The van der Waals surface area contributed by atoms with Gasteiger partial charge in [-0.05, 0) is 19.1 Å². The van der Waals surface area contributed by atoms with Gasteiger partial charge in [-0.15, -0.1) is 6.58 Å². The van der Waals surface area contributed by atoms with Gasteiger partial charge in [-0.1, -0.05) is 59.3 Å². The quantitative estimate of drug-likeness (QED) is 0.676. The van der Waals surface area contributed by atoms with Gasteiger partial charge in [-0.3, -0.25) is 0 Å². The van der Waals surface area contributed by atoms with E-state index in [0.717, 1.165) is 16.8 Å². The number of hydrogen-bond donors (Lipinski definition) is 1. The largest absolute Gasteiger partial charge is 0.337 e. The lowest BCUT2D eigenvalue weighted by molar-refractivity contribution is 0.206. The van der Waals surface area contributed by atoms with Crippen LogP contribution in [0.1, 0.15) is 11.5 Å². The van der Waals surface area contributed by atoms with E-state index >= 15 is 0 Å². The Hall–Kier alpha value is -3.41. The Bertz CT molecular complexity index is 872. The molecule has 2 aromatic carbocycles. The summed E-state index contributed by atoms with van der Waals surface area (Å²) in [4.78, 5) is 18.4. The van der Waals surface area contributed by atoms with Crippen LogP contribution < -0.4 is 5.32 Å². The summed E-state index contributed by atoms with van der Waals surface area (Å²) in [5, 5.41) is 6.84. The minimum absolute atomic E-state index is 0.198. The van der Waals surface area contributed by atoms with Crippen LogP contribution in [0.2, 0.25) is 0 Å². The Kier molecular flexibility index (Phi) is 5.43. The van der Waals surface area contributed by atoms with E-state index in [2.05, 4.69) is 22.0 Å². The standard InChI is InChI=1S/C20H20N4O2/c1-3-13-24(20(25)21-17-7-5-4-6-8-17)14-18-22-19(23-26-18)16-11-9-15(2)10-12-16/h3-12H,1,13-14H2,2H3,(H,21,25). The second kappa shape index (κ2) is 8.11. The molecule has 0 aliphatic rings. The molecule has 0 saturated carbocycles. The molecule has 132 valence electrons. The third-order valence-electron chi connectivity index (χ3n) is 3.77. The molecule has 1 N–H and O–H groups in total. The molecule has 26 heavy (non-hydrogen) atoms. The number of aromatic nitrogens is 2. The van der Waals surface area contributed by atoms with Crippen molar-refractivity contribution in [2.45, 2.75) is 13.5 Å². The third kappa shape index (κ3) is 4.36. The van der Waals surface area contributed by atoms with E-state index < -0.39 is 0 Å². The molecule has 0 spiro atoms. The van der Waals surface area contributed by atoms with Crippen molar-refractivity contribution in [1.82, 2.24) is 15.0 Å². The number of para-hydroxylation sites is 1. The summed E-state index contributed by atoms with van der Waals surface area (Å²) in [5.41, 5.74) is 2.75. The maximum absolute atomic E-state index is 12.5. The molecule has 6 heteroatoms. The Morgan fingerprint density at radius 1 is 1.19 bits per heavy atom. The molecule has 0 aliphatic carbocycles. The number of rotatable bonds is 6. The molecule has 0 fully saturated rings. The SMILES string of the molecule is C=CCN(Cc1nc(-c2ccc(C)cc2)no1)C(=O)Nc1ccccc1. The van der Waals surface area contributed by atoms with Gasteiger partial charge in [-0.2, -0.15) is 4.98 Å². The summed E-state index contributed by atoms with van der Waals surface area (Å²) in [7, 11) is 0. The number of anilines is 1. The number of hydrogen-bond acceptors (Lipinski definition) is 4. The first-order chi connectivity index (χ1) is 12.7. The third-order valence-corrected chi connectivity index (χ3v) is 3.77. The number of urea groups is 1. The molecule has 0 unspecified atom stereocenters. The van der Waals surface area contributed by atoms with Crippen LogP contribution >= 0.6 is 0 Å². The second-order valence-electron chi connectivity index (χ2n) is 5.84. The Morgan fingerprint density at radius 2 is 1.92 bits per heavy atom. The summed E-state index contributed by atoms with van der Waals surface area (Å²) in [6, 6.07) is 16.9. The molecule has 0 saturated heterocycles. The summed E-state index contributed by atoms with van der Waals surface area (Å²) in [5.74, 6) is 0.868. The Morgan fingerprint density at radius 3 is 2.62 bits per heavy atom.